The van der Waals surface area contributed by atoms with Gasteiger partial charge in [0.15, 0.2) is 0 Å². The number of likely N-dealkylation sites (tertiary alicyclic amines) is 2. The predicted molar refractivity (Wildman–Crippen MR) is 60.6 cm³/mol. The fourth-order valence-corrected chi connectivity index (χ4v) is 2.25. The van der Waals surface area contributed by atoms with Crippen molar-refractivity contribution in [2.24, 2.45) is 0 Å². The number of rotatable bonds is 1. The topological polar surface area (TPSA) is 23.6 Å². The molecule has 2 rings (SSSR count). The van der Waals surface area contributed by atoms with E-state index in [1.807, 2.05) is 11.0 Å². The van der Waals surface area contributed by atoms with Crippen molar-refractivity contribution in [1.82, 2.24) is 9.80 Å². The van der Waals surface area contributed by atoms with Gasteiger partial charge in [-0.2, -0.15) is 0 Å². The van der Waals surface area contributed by atoms with Gasteiger partial charge in [-0.3, -0.25) is 4.79 Å². The summed E-state index contributed by atoms with van der Waals surface area (Å²) in [6, 6.07) is 0. The maximum absolute atomic E-state index is 11.8. The van der Waals surface area contributed by atoms with Gasteiger partial charge in [0, 0.05) is 32.3 Å². The Kier molecular flexibility index (Phi) is 3.41. The number of hydrogen-bond acceptors (Lipinski definition) is 2. The van der Waals surface area contributed by atoms with Gasteiger partial charge in [-0.1, -0.05) is 5.57 Å². The van der Waals surface area contributed by atoms with Crippen LogP contribution in [-0.4, -0.2) is 48.9 Å². The minimum Gasteiger partial charge on any atom is -0.339 e. The van der Waals surface area contributed by atoms with E-state index >= 15 is 0 Å². The zero-order valence-corrected chi connectivity index (χ0v) is 9.54. The minimum atomic E-state index is 0.243. The molecule has 15 heavy (non-hydrogen) atoms. The number of carbonyl (C=O) groups is 1. The first kappa shape index (κ1) is 10.7. The SMILES string of the molecule is CN1CCC(=CC(=O)N2CCCC2)CC1. The van der Waals surface area contributed by atoms with Crippen LogP contribution in [-0.2, 0) is 4.79 Å². The standard InChI is InChI=1S/C12H20N2O/c1-13-8-4-11(5-9-13)10-12(15)14-6-2-3-7-14/h10H,2-9H2,1H3. The van der Waals surface area contributed by atoms with Gasteiger partial charge in [0.1, 0.15) is 0 Å². The molecule has 0 bridgehead atoms. The Morgan fingerprint density at radius 3 is 2.33 bits per heavy atom. The first-order valence-electron chi connectivity index (χ1n) is 5.92. The molecule has 0 aliphatic carbocycles. The van der Waals surface area contributed by atoms with Gasteiger partial charge in [-0.25, -0.2) is 0 Å². The fourth-order valence-electron chi connectivity index (χ4n) is 2.25. The summed E-state index contributed by atoms with van der Waals surface area (Å²) in [5.41, 5.74) is 1.34. The monoisotopic (exact) mass is 208 g/mol. The van der Waals surface area contributed by atoms with Crippen molar-refractivity contribution in [2.75, 3.05) is 33.2 Å². The molecular formula is C12H20N2O. The molecule has 0 atom stereocenters. The van der Waals surface area contributed by atoms with E-state index in [1.54, 1.807) is 0 Å². The Hall–Kier alpha value is -0.830. The van der Waals surface area contributed by atoms with Crippen molar-refractivity contribution >= 4 is 5.91 Å². The first-order valence-corrected chi connectivity index (χ1v) is 5.92. The van der Waals surface area contributed by atoms with E-state index in [9.17, 15) is 4.79 Å². The quantitative estimate of drug-likeness (QED) is 0.606. The third-order valence-electron chi connectivity index (χ3n) is 3.37. The summed E-state index contributed by atoms with van der Waals surface area (Å²) in [4.78, 5) is 16.1. The predicted octanol–water partition coefficient (Wildman–Crippen LogP) is 1.26. The smallest absolute Gasteiger partial charge is 0.246 e. The normalized spacial score (nSPS) is 23.3. The molecule has 2 aliphatic heterocycles. The lowest BCUT2D eigenvalue weighted by atomic mass is 10.0. The summed E-state index contributed by atoms with van der Waals surface area (Å²) in [6.45, 7) is 4.11. The van der Waals surface area contributed by atoms with E-state index in [0.29, 0.717) is 0 Å². The average molecular weight is 208 g/mol. The van der Waals surface area contributed by atoms with Gasteiger partial charge in [0.2, 0.25) is 5.91 Å². The molecule has 0 aromatic carbocycles. The first-order chi connectivity index (χ1) is 7.25. The summed E-state index contributed by atoms with van der Waals surface area (Å²) in [5.74, 6) is 0.243. The van der Waals surface area contributed by atoms with Crippen LogP contribution < -0.4 is 0 Å². The van der Waals surface area contributed by atoms with Crippen LogP contribution in [0.15, 0.2) is 11.6 Å². The number of nitrogens with zero attached hydrogens (tertiary/aromatic N) is 2. The molecule has 0 unspecified atom stereocenters. The van der Waals surface area contributed by atoms with Crippen LogP contribution in [0.5, 0.6) is 0 Å². The van der Waals surface area contributed by atoms with Crippen LogP contribution in [0.3, 0.4) is 0 Å². The molecule has 3 nitrogen and oxygen atoms in total. The highest BCUT2D eigenvalue weighted by molar-refractivity contribution is 5.88. The summed E-state index contributed by atoms with van der Waals surface area (Å²) in [5, 5.41) is 0. The van der Waals surface area contributed by atoms with Gasteiger partial charge in [-0.05, 0) is 32.7 Å². The zero-order valence-electron chi connectivity index (χ0n) is 9.54. The van der Waals surface area contributed by atoms with Crippen molar-refractivity contribution < 1.29 is 4.79 Å². The van der Waals surface area contributed by atoms with Crippen LogP contribution in [0, 0.1) is 0 Å². The van der Waals surface area contributed by atoms with Crippen LogP contribution >= 0.6 is 0 Å². The highest BCUT2D eigenvalue weighted by atomic mass is 16.2. The van der Waals surface area contributed by atoms with Crippen LogP contribution in [0.25, 0.3) is 0 Å². The summed E-state index contributed by atoms with van der Waals surface area (Å²) < 4.78 is 0. The van der Waals surface area contributed by atoms with Crippen LogP contribution in [0.2, 0.25) is 0 Å². The van der Waals surface area contributed by atoms with Gasteiger partial charge in [0.05, 0.1) is 0 Å². The fraction of sp³-hybridized carbons (Fsp3) is 0.750. The van der Waals surface area contributed by atoms with E-state index in [2.05, 4.69) is 11.9 Å². The van der Waals surface area contributed by atoms with E-state index in [-0.39, 0.29) is 5.91 Å². The van der Waals surface area contributed by atoms with Gasteiger partial charge >= 0.3 is 0 Å². The van der Waals surface area contributed by atoms with Crippen molar-refractivity contribution in [3.63, 3.8) is 0 Å². The van der Waals surface area contributed by atoms with E-state index in [4.69, 9.17) is 0 Å². The second-order valence-corrected chi connectivity index (χ2v) is 4.64. The molecule has 84 valence electrons. The summed E-state index contributed by atoms with van der Waals surface area (Å²) in [6.07, 6.45) is 6.37. The van der Waals surface area contributed by atoms with Crippen molar-refractivity contribution in [2.45, 2.75) is 25.7 Å². The average Bonchev–Trinajstić information content (AvgIpc) is 2.74. The van der Waals surface area contributed by atoms with E-state index in [0.717, 1.165) is 39.0 Å². The molecule has 2 fully saturated rings. The molecule has 0 radical (unpaired) electrons. The summed E-state index contributed by atoms with van der Waals surface area (Å²) in [7, 11) is 2.14. The molecule has 2 saturated heterocycles. The van der Waals surface area contributed by atoms with Gasteiger partial charge < -0.3 is 9.80 Å². The van der Waals surface area contributed by atoms with Crippen molar-refractivity contribution in [1.29, 1.82) is 0 Å². The lowest BCUT2D eigenvalue weighted by Gasteiger charge is -2.24. The van der Waals surface area contributed by atoms with Gasteiger partial charge in [-0.15, -0.1) is 0 Å². The second-order valence-electron chi connectivity index (χ2n) is 4.64. The molecule has 2 aliphatic rings. The highest BCUT2D eigenvalue weighted by Gasteiger charge is 2.17. The Morgan fingerprint density at radius 1 is 1.13 bits per heavy atom. The third-order valence-corrected chi connectivity index (χ3v) is 3.37. The number of carbonyl (C=O) groups excluding carboxylic acids is 1. The second kappa shape index (κ2) is 4.79. The number of amides is 1. The van der Waals surface area contributed by atoms with E-state index in [1.165, 1.54) is 18.4 Å². The molecular weight excluding hydrogens is 188 g/mol. The summed E-state index contributed by atoms with van der Waals surface area (Å²) >= 11 is 0. The highest BCUT2D eigenvalue weighted by Crippen LogP contribution is 2.16. The molecule has 0 saturated carbocycles. The van der Waals surface area contributed by atoms with Crippen LogP contribution in [0.4, 0.5) is 0 Å². The minimum absolute atomic E-state index is 0.243. The van der Waals surface area contributed by atoms with Gasteiger partial charge in [0.25, 0.3) is 0 Å². The number of piperidine rings is 1. The molecule has 0 aromatic heterocycles. The maximum Gasteiger partial charge on any atom is 0.246 e. The van der Waals surface area contributed by atoms with Crippen molar-refractivity contribution in [3.8, 4) is 0 Å². The Labute approximate surface area is 91.7 Å². The van der Waals surface area contributed by atoms with E-state index < -0.39 is 0 Å². The Bertz CT molecular complexity index is 257. The third kappa shape index (κ3) is 2.81. The Balaban J connectivity index is 1.88. The van der Waals surface area contributed by atoms with Crippen molar-refractivity contribution in [3.05, 3.63) is 11.6 Å². The number of hydrogen-bond donors (Lipinski definition) is 0. The molecule has 1 amide bonds. The molecule has 0 spiro atoms. The lowest BCUT2D eigenvalue weighted by molar-refractivity contribution is -0.125. The lowest BCUT2D eigenvalue weighted by Crippen LogP contribution is -2.29. The molecule has 0 aromatic rings. The maximum atomic E-state index is 11.8. The molecule has 3 heteroatoms. The molecule has 0 N–H and O–H groups in total. The van der Waals surface area contributed by atoms with Crippen LogP contribution in [0.1, 0.15) is 25.7 Å². The zero-order chi connectivity index (χ0) is 10.7. The Morgan fingerprint density at radius 2 is 1.73 bits per heavy atom. The molecule has 2 heterocycles. The largest absolute Gasteiger partial charge is 0.339 e.